The molecule has 0 saturated heterocycles. The number of nitrogens with one attached hydrogen (secondary N) is 2. The molecule has 2 N–H and O–H groups in total. The summed E-state index contributed by atoms with van der Waals surface area (Å²) >= 11 is 0. The highest BCUT2D eigenvalue weighted by Crippen LogP contribution is 2.23. The molecule has 1 aromatic rings. The normalized spacial score (nSPS) is 12.0. The second-order valence-corrected chi connectivity index (χ2v) is 5.32. The van der Waals surface area contributed by atoms with Gasteiger partial charge in [0, 0.05) is 23.8 Å². The Morgan fingerprint density at radius 3 is 2.60 bits per heavy atom. The Hall–Kier alpha value is -1.51. The Kier molecular flexibility index (Phi) is 7.13. The van der Waals surface area contributed by atoms with Gasteiger partial charge >= 0.3 is 0 Å². The molecule has 0 aliphatic carbocycles. The molecule has 3 heteroatoms. The zero-order valence-electron chi connectivity index (χ0n) is 13.3. The Morgan fingerprint density at radius 2 is 2.00 bits per heavy atom. The summed E-state index contributed by atoms with van der Waals surface area (Å²) in [5.41, 5.74) is 3.21. The molecular weight excluding hydrogens is 248 g/mol. The van der Waals surface area contributed by atoms with Crippen LogP contribution in [0.4, 0.5) is 11.4 Å². The third kappa shape index (κ3) is 5.24. The van der Waals surface area contributed by atoms with Gasteiger partial charge in [0.25, 0.3) is 0 Å². The minimum atomic E-state index is 0.0535. The maximum Gasteiger partial charge on any atom is 0.224 e. The molecule has 0 radical (unpaired) electrons. The first kappa shape index (κ1) is 16.5. The molecule has 0 aliphatic heterocycles. The van der Waals surface area contributed by atoms with Crippen LogP contribution in [0.25, 0.3) is 0 Å². The molecule has 1 aromatic carbocycles. The molecule has 0 bridgehead atoms. The number of benzene rings is 1. The first-order valence-corrected chi connectivity index (χ1v) is 7.77. The van der Waals surface area contributed by atoms with Gasteiger partial charge in [-0.05, 0) is 37.5 Å². The predicted molar refractivity (Wildman–Crippen MR) is 87.3 cm³/mol. The van der Waals surface area contributed by atoms with Gasteiger partial charge in [0.15, 0.2) is 0 Å². The fourth-order valence-corrected chi connectivity index (χ4v) is 2.15. The number of amides is 1. The monoisotopic (exact) mass is 276 g/mol. The van der Waals surface area contributed by atoms with Crippen molar-refractivity contribution in [1.82, 2.24) is 0 Å². The van der Waals surface area contributed by atoms with Crippen LogP contribution in [0.3, 0.4) is 0 Å². The van der Waals surface area contributed by atoms with Gasteiger partial charge in [0.05, 0.1) is 0 Å². The molecule has 0 aromatic heterocycles. The minimum Gasteiger partial charge on any atom is -0.382 e. The molecule has 1 rings (SSSR count). The summed E-state index contributed by atoms with van der Waals surface area (Å²) in [6.07, 6.45) is 5.29. The highest BCUT2D eigenvalue weighted by atomic mass is 16.1. The average molecular weight is 276 g/mol. The number of rotatable bonds is 8. The molecule has 20 heavy (non-hydrogen) atoms. The maximum atomic E-state index is 11.5. The topological polar surface area (TPSA) is 41.1 Å². The standard InChI is InChI=1S/C17H28N2O/c1-5-8-9-14(6-2)18-16-12-15(11-10-13(16)4)19-17(20)7-3/h10-12,14,18H,5-9H2,1-4H3,(H,19,20). The van der Waals surface area contributed by atoms with Crippen LogP contribution in [0.1, 0.15) is 58.4 Å². The summed E-state index contributed by atoms with van der Waals surface area (Å²) < 4.78 is 0. The lowest BCUT2D eigenvalue weighted by Crippen LogP contribution is -2.19. The molecule has 0 saturated carbocycles. The van der Waals surface area contributed by atoms with Gasteiger partial charge in [-0.2, -0.15) is 0 Å². The van der Waals surface area contributed by atoms with Crippen molar-refractivity contribution in [2.24, 2.45) is 0 Å². The summed E-state index contributed by atoms with van der Waals surface area (Å²) in [7, 11) is 0. The Morgan fingerprint density at radius 1 is 1.25 bits per heavy atom. The Labute approximate surface area is 123 Å². The van der Waals surface area contributed by atoms with Crippen molar-refractivity contribution in [3.05, 3.63) is 23.8 Å². The van der Waals surface area contributed by atoms with Crippen LogP contribution in [-0.2, 0) is 4.79 Å². The van der Waals surface area contributed by atoms with E-state index >= 15 is 0 Å². The highest BCUT2D eigenvalue weighted by molar-refractivity contribution is 5.91. The SMILES string of the molecule is CCCCC(CC)Nc1cc(NC(=O)CC)ccc1C. The van der Waals surface area contributed by atoms with Gasteiger partial charge in [-0.15, -0.1) is 0 Å². The van der Waals surface area contributed by atoms with Gasteiger partial charge in [-0.1, -0.05) is 39.7 Å². The van der Waals surface area contributed by atoms with E-state index in [1.165, 1.54) is 24.8 Å². The van der Waals surface area contributed by atoms with Gasteiger partial charge < -0.3 is 10.6 Å². The van der Waals surface area contributed by atoms with E-state index < -0.39 is 0 Å². The second-order valence-electron chi connectivity index (χ2n) is 5.32. The Bertz CT molecular complexity index is 429. The van der Waals surface area contributed by atoms with Crippen molar-refractivity contribution in [3.63, 3.8) is 0 Å². The summed E-state index contributed by atoms with van der Waals surface area (Å²) in [5.74, 6) is 0.0535. The quantitative estimate of drug-likeness (QED) is 0.721. The summed E-state index contributed by atoms with van der Waals surface area (Å²) in [6.45, 7) is 8.39. The lowest BCUT2D eigenvalue weighted by molar-refractivity contribution is -0.115. The minimum absolute atomic E-state index is 0.0535. The molecule has 0 heterocycles. The predicted octanol–water partition coefficient (Wildman–Crippen LogP) is 4.72. The van der Waals surface area contributed by atoms with Gasteiger partial charge in [-0.3, -0.25) is 4.79 Å². The number of anilines is 2. The zero-order chi connectivity index (χ0) is 15.0. The summed E-state index contributed by atoms with van der Waals surface area (Å²) in [6, 6.07) is 6.56. The van der Waals surface area contributed by atoms with Crippen LogP contribution in [0, 0.1) is 6.92 Å². The zero-order valence-corrected chi connectivity index (χ0v) is 13.3. The van der Waals surface area contributed by atoms with Crippen LogP contribution in [-0.4, -0.2) is 11.9 Å². The molecular formula is C17H28N2O. The largest absolute Gasteiger partial charge is 0.382 e. The van der Waals surface area contributed by atoms with E-state index in [1.807, 2.05) is 19.1 Å². The number of hydrogen-bond donors (Lipinski definition) is 2. The fraction of sp³-hybridized carbons (Fsp3) is 0.588. The van der Waals surface area contributed by atoms with E-state index in [2.05, 4.69) is 37.5 Å². The number of carbonyl (C=O) groups is 1. The van der Waals surface area contributed by atoms with Crippen molar-refractivity contribution < 1.29 is 4.79 Å². The van der Waals surface area contributed by atoms with Crippen LogP contribution < -0.4 is 10.6 Å². The first-order valence-electron chi connectivity index (χ1n) is 7.77. The van der Waals surface area contributed by atoms with Crippen molar-refractivity contribution in [1.29, 1.82) is 0 Å². The Balaban J connectivity index is 2.76. The third-order valence-corrected chi connectivity index (χ3v) is 3.60. The second kappa shape index (κ2) is 8.62. The molecule has 0 spiro atoms. The number of carbonyl (C=O) groups excluding carboxylic acids is 1. The van der Waals surface area contributed by atoms with E-state index in [9.17, 15) is 4.79 Å². The number of aryl methyl sites for hydroxylation is 1. The van der Waals surface area contributed by atoms with E-state index in [1.54, 1.807) is 0 Å². The lowest BCUT2D eigenvalue weighted by Gasteiger charge is -2.20. The van der Waals surface area contributed by atoms with Crippen LogP contribution in [0.15, 0.2) is 18.2 Å². The molecule has 1 atom stereocenters. The van der Waals surface area contributed by atoms with E-state index in [-0.39, 0.29) is 5.91 Å². The third-order valence-electron chi connectivity index (χ3n) is 3.60. The first-order chi connectivity index (χ1) is 9.60. The molecule has 112 valence electrons. The van der Waals surface area contributed by atoms with Crippen LogP contribution >= 0.6 is 0 Å². The molecule has 0 fully saturated rings. The summed E-state index contributed by atoms with van der Waals surface area (Å²) in [4.78, 5) is 11.5. The maximum absolute atomic E-state index is 11.5. The van der Waals surface area contributed by atoms with Gasteiger partial charge in [-0.25, -0.2) is 0 Å². The molecule has 1 amide bonds. The molecule has 3 nitrogen and oxygen atoms in total. The lowest BCUT2D eigenvalue weighted by atomic mass is 10.1. The number of unbranched alkanes of at least 4 members (excludes halogenated alkanes) is 1. The van der Waals surface area contributed by atoms with Crippen molar-refractivity contribution >= 4 is 17.3 Å². The van der Waals surface area contributed by atoms with Crippen molar-refractivity contribution in [3.8, 4) is 0 Å². The smallest absolute Gasteiger partial charge is 0.224 e. The van der Waals surface area contributed by atoms with Gasteiger partial charge in [0.2, 0.25) is 5.91 Å². The highest BCUT2D eigenvalue weighted by Gasteiger charge is 2.08. The average Bonchev–Trinajstić information content (AvgIpc) is 2.46. The molecule has 1 unspecified atom stereocenters. The summed E-state index contributed by atoms with van der Waals surface area (Å²) in [5, 5.41) is 6.53. The fourth-order valence-electron chi connectivity index (χ4n) is 2.15. The molecule has 0 aliphatic rings. The van der Waals surface area contributed by atoms with E-state index in [4.69, 9.17) is 0 Å². The van der Waals surface area contributed by atoms with Crippen LogP contribution in [0.5, 0.6) is 0 Å². The van der Waals surface area contributed by atoms with E-state index in [0.717, 1.165) is 17.8 Å². The number of hydrogen-bond acceptors (Lipinski definition) is 2. The van der Waals surface area contributed by atoms with Crippen LogP contribution in [0.2, 0.25) is 0 Å². The van der Waals surface area contributed by atoms with Crippen molar-refractivity contribution in [2.75, 3.05) is 10.6 Å². The van der Waals surface area contributed by atoms with Gasteiger partial charge in [0.1, 0.15) is 0 Å². The van der Waals surface area contributed by atoms with E-state index in [0.29, 0.717) is 12.5 Å². The van der Waals surface area contributed by atoms with Crippen molar-refractivity contribution in [2.45, 2.75) is 65.8 Å².